The summed E-state index contributed by atoms with van der Waals surface area (Å²) in [6.07, 6.45) is 0.957. The van der Waals surface area contributed by atoms with E-state index >= 15 is 0 Å². The highest BCUT2D eigenvalue weighted by molar-refractivity contribution is 5.59. The fraction of sp³-hybridized carbons (Fsp3) is 0.857. The zero-order valence-corrected chi connectivity index (χ0v) is 7.08. The van der Waals surface area contributed by atoms with Crippen molar-refractivity contribution in [3.63, 3.8) is 0 Å². The van der Waals surface area contributed by atoms with Crippen LogP contribution >= 0.6 is 0 Å². The van der Waals surface area contributed by atoms with Gasteiger partial charge >= 0.3 is 6.16 Å². The Balaban J connectivity index is 3.10. The maximum Gasteiger partial charge on any atom is 0.510 e. The van der Waals surface area contributed by atoms with Crippen molar-refractivity contribution >= 4 is 6.16 Å². The van der Waals surface area contributed by atoms with E-state index in [1.807, 2.05) is 6.92 Å². The van der Waals surface area contributed by atoms with Crippen LogP contribution in [0, 0.1) is 0 Å². The van der Waals surface area contributed by atoms with Crippen molar-refractivity contribution in [2.45, 2.75) is 19.8 Å². The van der Waals surface area contributed by atoms with Gasteiger partial charge in [0.15, 0.2) is 13.6 Å². The van der Waals surface area contributed by atoms with E-state index in [0.717, 1.165) is 12.8 Å². The second kappa shape index (κ2) is 8.29. The molecule has 0 N–H and O–H groups in total. The van der Waals surface area contributed by atoms with Crippen LogP contribution in [0.1, 0.15) is 19.8 Å². The summed E-state index contributed by atoms with van der Waals surface area (Å²) in [5, 5.41) is 9.72. The Bertz CT molecular complexity index is 102. The van der Waals surface area contributed by atoms with Crippen LogP contribution in [0.4, 0.5) is 4.79 Å². The number of carbonyl (C=O) groups is 1. The first kappa shape index (κ1) is 11.2. The van der Waals surface area contributed by atoms with Crippen LogP contribution in [-0.2, 0) is 19.3 Å². The Kier molecular flexibility index (Phi) is 7.73. The van der Waals surface area contributed by atoms with Crippen LogP contribution in [-0.4, -0.2) is 26.3 Å². The minimum absolute atomic E-state index is 0.339. The molecule has 0 bridgehead atoms. The Labute approximate surface area is 71.2 Å². The molecular formula is C7H13O5. The van der Waals surface area contributed by atoms with Gasteiger partial charge in [0.05, 0.1) is 6.61 Å². The number of hydrogen-bond acceptors (Lipinski definition) is 4. The number of ether oxygens (including phenoxy) is 3. The molecule has 0 aromatic carbocycles. The van der Waals surface area contributed by atoms with Crippen LogP contribution in [0.5, 0.6) is 0 Å². The maximum atomic E-state index is 10.6. The Hall–Kier alpha value is -0.810. The number of carbonyl (C=O) groups excluding carboxylic acids is 1. The summed E-state index contributed by atoms with van der Waals surface area (Å²) in [6, 6.07) is 0. The predicted octanol–water partition coefficient (Wildman–Crippen LogP) is 1.30. The molecule has 0 rings (SSSR count). The number of rotatable bonds is 6. The summed E-state index contributed by atoms with van der Waals surface area (Å²) >= 11 is 0. The summed E-state index contributed by atoms with van der Waals surface area (Å²) in [5.74, 6) is 0. The molecule has 1 radical (unpaired) electrons. The minimum Gasteiger partial charge on any atom is -0.434 e. The first-order valence-corrected chi connectivity index (χ1v) is 3.76. The molecule has 0 spiro atoms. The van der Waals surface area contributed by atoms with Crippen molar-refractivity contribution in [2.24, 2.45) is 0 Å². The molecule has 0 aromatic heterocycles. The summed E-state index contributed by atoms with van der Waals surface area (Å²) in [5.41, 5.74) is 0. The van der Waals surface area contributed by atoms with Gasteiger partial charge in [0.25, 0.3) is 0 Å². The van der Waals surface area contributed by atoms with Gasteiger partial charge in [0.2, 0.25) is 0 Å². The van der Waals surface area contributed by atoms with Gasteiger partial charge in [0.1, 0.15) is 0 Å². The fourth-order valence-corrected chi connectivity index (χ4v) is 0.465. The monoisotopic (exact) mass is 177 g/mol. The first-order valence-electron chi connectivity index (χ1n) is 3.76. The van der Waals surface area contributed by atoms with Crippen molar-refractivity contribution in [2.75, 3.05) is 20.2 Å². The minimum atomic E-state index is -0.795. The Morgan fingerprint density at radius 2 is 2.08 bits per heavy atom. The maximum absolute atomic E-state index is 10.6. The highest BCUT2D eigenvalue weighted by Crippen LogP contribution is 1.91. The smallest absolute Gasteiger partial charge is 0.434 e. The van der Waals surface area contributed by atoms with E-state index in [9.17, 15) is 9.90 Å². The van der Waals surface area contributed by atoms with E-state index in [4.69, 9.17) is 0 Å². The van der Waals surface area contributed by atoms with Crippen LogP contribution in [0.15, 0.2) is 0 Å². The standard InChI is InChI=1S/C7H13O5/c1-2-3-4-11-7(9)12-6-10-5-8/h2-6H2,1H3. The van der Waals surface area contributed by atoms with Gasteiger partial charge in [-0.05, 0) is 6.42 Å². The summed E-state index contributed by atoms with van der Waals surface area (Å²) in [7, 11) is 0. The zero-order chi connectivity index (χ0) is 9.23. The van der Waals surface area contributed by atoms with Gasteiger partial charge in [0, 0.05) is 0 Å². The zero-order valence-electron chi connectivity index (χ0n) is 7.08. The largest absolute Gasteiger partial charge is 0.510 e. The molecule has 0 saturated heterocycles. The van der Waals surface area contributed by atoms with E-state index < -0.39 is 12.9 Å². The van der Waals surface area contributed by atoms with Crippen molar-refractivity contribution in [1.82, 2.24) is 0 Å². The van der Waals surface area contributed by atoms with Gasteiger partial charge in [-0.3, -0.25) is 0 Å². The van der Waals surface area contributed by atoms with Crippen LogP contribution in [0.25, 0.3) is 0 Å². The van der Waals surface area contributed by atoms with Gasteiger partial charge in [-0.1, -0.05) is 13.3 Å². The lowest BCUT2D eigenvalue weighted by molar-refractivity contribution is -0.116. The van der Waals surface area contributed by atoms with Crippen LogP contribution in [0.2, 0.25) is 0 Å². The molecule has 12 heavy (non-hydrogen) atoms. The number of unbranched alkanes of at least 4 members (excludes halogenated alkanes) is 1. The average molecular weight is 177 g/mol. The second-order valence-corrected chi connectivity index (χ2v) is 2.04. The predicted molar refractivity (Wildman–Crippen MR) is 38.8 cm³/mol. The molecule has 0 aliphatic heterocycles. The average Bonchev–Trinajstić information content (AvgIpc) is 2.06. The Morgan fingerprint density at radius 3 is 2.67 bits per heavy atom. The fourth-order valence-electron chi connectivity index (χ4n) is 0.465. The third-order valence-electron chi connectivity index (χ3n) is 1.06. The number of hydrogen-bond donors (Lipinski definition) is 0. The molecule has 0 aliphatic rings. The van der Waals surface area contributed by atoms with Crippen molar-refractivity contribution in [1.29, 1.82) is 0 Å². The molecule has 0 atom stereocenters. The van der Waals surface area contributed by atoms with E-state index in [1.165, 1.54) is 0 Å². The SMILES string of the molecule is CCCCOC(=O)OCOC[O]. The molecule has 0 saturated carbocycles. The van der Waals surface area contributed by atoms with E-state index in [1.54, 1.807) is 0 Å². The normalized spacial score (nSPS) is 9.50. The third-order valence-corrected chi connectivity index (χ3v) is 1.06. The van der Waals surface area contributed by atoms with Gasteiger partial charge < -0.3 is 14.2 Å². The van der Waals surface area contributed by atoms with Crippen molar-refractivity contribution < 1.29 is 24.1 Å². The highest BCUT2D eigenvalue weighted by atomic mass is 16.8. The topological polar surface area (TPSA) is 64.7 Å². The lowest BCUT2D eigenvalue weighted by Crippen LogP contribution is -2.11. The molecular weight excluding hydrogens is 164 g/mol. The molecule has 5 nitrogen and oxygen atoms in total. The summed E-state index contributed by atoms with van der Waals surface area (Å²) in [6.45, 7) is 1.26. The lowest BCUT2D eigenvalue weighted by Gasteiger charge is -2.03. The molecule has 0 aromatic rings. The molecule has 71 valence electrons. The Morgan fingerprint density at radius 1 is 1.33 bits per heavy atom. The molecule has 0 fully saturated rings. The summed E-state index contributed by atoms with van der Waals surface area (Å²) < 4.78 is 13.2. The molecule has 5 heteroatoms. The molecule has 0 heterocycles. The van der Waals surface area contributed by atoms with Crippen LogP contribution < -0.4 is 0 Å². The van der Waals surface area contributed by atoms with Gasteiger partial charge in [-0.15, -0.1) is 0 Å². The van der Waals surface area contributed by atoms with Crippen molar-refractivity contribution in [3.05, 3.63) is 0 Å². The lowest BCUT2D eigenvalue weighted by atomic mass is 10.4. The molecule has 0 aliphatic carbocycles. The second-order valence-electron chi connectivity index (χ2n) is 2.04. The summed E-state index contributed by atoms with van der Waals surface area (Å²) in [4.78, 5) is 10.6. The van der Waals surface area contributed by atoms with E-state index in [0.29, 0.717) is 6.61 Å². The first-order chi connectivity index (χ1) is 5.81. The van der Waals surface area contributed by atoms with Crippen LogP contribution in [0.3, 0.4) is 0 Å². The van der Waals surface area contributed by atoms with Crippen molar-refractivity contribution in [3.8, 4) is 0 Å². The van der Waals surface area contributed by atoms with Gasteiger partial charge in [-0.25, -0.2) is 9.90 Å². The third kappa shape index (κ3) is 7.30. The molecule has 0 unspecified atom stereocenters. The highest BCUT2D eigenvalue weighted by Gasteiger charge is 2.01. The molecule has 0 amide bonds. The van der Waals surface area contributed by atoms with E-state index in [-0.39, 0.29) is 6.79 Å². The quantitative estimate of drug-likeness (QED) is 0.348. The van der Waals surface area contributed by atoms with E-state index in [2.05, 4.69) is 14.2 Å². The van der Waals surface area contributed by atoms with Gasteiger partial charge in [-0.2, -0.15) is 0 Å².